The van der Waals surface area contributed by atoms with Crippen molar-refractivity contribution in [2.75, 3.05) is 52.2 Å². The molecule has 4 aliphatic rings. The molecule has 1 aliphatic carbocycles. The Hall–Kier alpha value is -1.85. The lowest BCUT2D eigenvalue weighted by Crippen LogP contribution is -2.55. The number of Topliss-reactive ketones (excluding diaryl/α,β-unsaturated/α-hetero) is 2. The molecule has 0 unspecified atom stereocenters. The third kappa shape index (κ3) is 3.99. The van der Waals surface area contributed by atoms with Crippen molar-refractivity contribution >= 4 is 40.9 Å². The number of hydrogen-bond acceptors (Lipinski definition) is 9. The maximum absolute atomic E-state index is 12.8. The number of carbonyl (C=O) groups is 3. The SMILES string of the molecule is CN(CCCl)CCCl.CO[C@@]12[C@H](COC(N)=O)C3=C(C(=O)C(C)=C(N)C3=O)N1C[C@@H]1N[C@@H]12. The number of piperazine rings is 1. The zero-order valence-electron chi connectivity index (χ0n) is 18.3. The fourth-order valence-corrected chi connectivity index (χ4v) is 5.29. The molecule has 0 aromatic heterocycles. The minimum Gasteiger partial charge on any atom is -0.449 e. The van der Waals surface area contributed by atoms with Crippen molar-refractivity contribution in [3.63, 3.8) is 0 Å². The standard InChI is InChI=1S/C15H18N4O5.C5H11Cl2N/c1-5-9(16)12(21)8-6(4-24-14(17)22)15(23-2)13-7(18-13)3-19(15)10(8)11(5)20;1-8(4-2-6)5-3-7/h6-7,13,18H,3-4,16H2,1-2H3,(H2,17,22);2-5H2,1H3/t6-,7+,13+,15-;/m1./s1. The van der Waals surface area contributed by atoms with E-state index in [1.165, 1.54) is 14.0 Å². The highest BCUT2D eigenvalue weighted by molar-refractivity contribution is 6.25. The van der Waals surface area contributed by atoms with E-state index < -0.39 is 23.5 Å². The summed E-state index contributed by atoms with van der Waals surface area (Å²) in [7, 11) is 3.52. The number of halogens is 2. The molecule has 5 N–H and O–H groups in total. The van der Waals surface area contributed by atoms with Gasteiger partial charge in [0, 0.05) is 55.7 Å². The average Bonchev–Trinajstić information content (AvgIpc) is 3.36. The van der Waals surface area contributed by atoms with Crippen LogP contribution in [-0.2, 0) is 19.1 Å². The van der Waals surface area contributed by atoms with Crippen molar-refractivity contribution in [2.24, 2.45) is 17.4 Å². The van der Waals surface area contributed by atoms with Crippen LogP contribution in [0.1, 0.15) is 6.92 Å². The van der Waals surface area contributed by atoms with Crippen molar-refractivity contribution in [3.05, 3.63) is 22.5 Å². The van der Waals surface area contributed by atoms with Crippen LogP contribution in [0.2, 0.25) is 0 Å². The topological polar surface area (TPSA) is 150 Å². The second-order valence-electron chi connectivity index (χ2n) is 8.14. The van der Waals surface area contributed by atoms with E-state index in [4.69, 9.17) is 44.1 Å². The average molecular weight is 490 g/mol. The minimum absolute atomic E-state index is 0.0586. The molecule has 32 heavy (non-hydrogen) atoms. The van der Waals surface area contributed by atoms with Gasteiger partial charge in [-0.2, -0.15) is 0 Å². The summed E-state index contributed by atoms with van der Waals surface area (Å²) in [6, 6.07) is 0.109. The fraction of sp³-hybridized carbons (Fsp3) is 0.650. The Kier molecular flexibility index (Phi) is 7.41. The molecular formula is C20H29Cl2N5O5. The van der Waals surface area contributed by atoms with Crippen LogP contribution in [0, 0.1) is 5.92 Å². The van der Waals surface area contributed by atoms with E-state index in [9.17, 15) is 14.4 Å². The lowest BCUT2D eigenvalue weighted by atomic mass is 9.82. The van der Waals surface area contributed by atoms with Gasteiger partial charge in [0.15, 0.2) is 5.72 Å². The van der Waals surface area contributed by atoms with E-state index in [0.29, 0.717) is 24.0 Å². The first-order chi connectivity index (χ1) is 15.1. The fourth-order valence-electron chi connectivity index (χ4n) is 4.71. The first-order valence-electron chi connectivity index (χ1n) is 10.3. The Labute approximate surface area is 196 Å². The quantitative estimate of drug-likeness (QED) is 0.249. The number of hydrogen-bond donors (Lipinski definition) is 3. The predicted octanol–water partition coefficient (Wildman–Crippen LogP) is -0.255. The molecule has 0 radical (unpaired) electrons. The van der Waals surface area contributed by atoms with Gasteiger partial charge in [0.25, 0.3) is 0 Å². The van der Waals surface area contributed by atoms with Crippen molar-refractivity contribution in [3.8, 4) is 0 Å². The molecule has 0 spiro atoms. The van der Waals surface area contributed by atoms with Crippen molar-refractivity contribution in [1.29, 1.82) is 0 Å². The van der Waals surface area contributed by atoms with Crippen LogP contribution < -0.4 is 16.8 Å². The molecule has 2 fully saturated rings. The van der Waals surface area contributed by atoms with Gasteiger partial charge in [-0.15, -0.1) is 23.2 Å². The minimum atomic E-state index is -0.957. The number of nitrogens with two attached hydrogens (primary N) is 2. The molecule has 0 bridgehead atoms. The molecule has 0 aromatic carbocycles. The van der Waals surface area contributed by atoms with Gasteiger partial charge in [-0.3, -0.25) is 9.59 Å². The highest BCUT2D eigenvalue weighted by atomic mass is 35.5. The van der Waals surface area contributed by atoms with Crippen molar-refractivity contribution in [2.45, 2.75) is 24.7 Å². The zero-order valence-corrected chi connectivity index (χ0v) is 19.8. The number of nitrogens with one attached hydrogen (secondary N) is 1. The summed E-state index contributed by atoms with van der Waals surface area (Å²) in [6.45, 7) is 3.77. The molecule has 3 aliphatic heterocycles. The number of fused-ring (bicyclic) bond motifs is 4. The Balaban J connectivity index is 0.000000312. The second-order valence-corrected chi connectivity index (χ2v) is 8.90. The van der Waals surface area contributed by atoms with Crippen LogP contribution in [0.5, 0.6) is 0 Å². The van der Waals surface area contributed by atoms with E-state index in [1.807, 2.05) is 11.9 Å². The molecule has 4 rings (SSSR count). The third-order valence-electron chi connectivity index (χ3n) is 6.41. The van der Waals surface area contributed by atoms with Gasteiger partial charge >= 0.3 is 6.09 Å². The Bertz CT molecular complexity index is 872. The highest BCUT2D eigenvalue weighted by Gasteiger charge is 2.72. The van der Waals surface area contributed by atoms with Gasteiger partial charge in [0.05, 0.1) is 23.4 Å². The predicted molar refractivity (Wildman–Crippen MR) is 119 cm³/mol. The van der Waals surface area contributed by atoms with E-state index in [1.54, 1.807) is 0 Å². The smallest absolute Gasteiger partial charge is 0.404 e. The number of allylic oxidation sites excluding steroid dienone is 2. The van der Waals surface area contributed by atoms with Gasteiger partial charge in [-0.1, -0.05) is 0 Å². The number of carbonyl (C=O) groups excluding carboxylic acids is 3. The summed E-state index contributed by atoms with van der Waals surface area (Å²) in [4.78, 5) is 40.5. The van der Waals surface area contributed by atoms with Crippen LogP contribution in [-0.4, -0.2) is 97.4 Å². The Morgan fingerprint density at radius 1 is 1.28 bits per heavy atom. The maximum Gasteiger partial charge on any atom is 0.404 e. The molecule has 178 valence electrons. The van der Waals surface area contributed by atoms with Gasteiger partial charge in [-0.25, -0.2) is 4.79 Å². The Morgan fingerprint density at radius 3 is 2.44 bits per heavy atom. The number of rotatable bonds is 7. The normalized spacial score (nSPS) is 30.2. The summed E-state index contributed by atoms with van der Waals surface area (Å²) >= 11 is 10.9. The first kappa shape index (κ1) is 24.8. The largest absolute Gasteiger partial charge is 0.449 e. The Morgan fingerprint density at radius 2 is 1.91 bits per heavy atom. The number of primary amides is 1. The van der Waals surface area contributed by atoms with E-state index >= 15 is 0 Å². The molecule has 2 saturated heterocycles. The number of amides is 1. The summed E-state index contributed by atoms with van der Waals surface area (Å²) in [5.74, 6) is 0.0357. The molecule has 4 atom stereocenters. The molecule has 0 saturated carbocycles. The van der Waals surface area contributed by atoms with Crippen molar-refractivity contribution in [1.82, 2.24) is 15.1 Å². The van der Waals surface area contributed by atoms with E-state index in [2.05, 4.69) is 10.2 Å². The number of methoxy groups -OCH3 is 1. The lowest BCUT2D eigenvalue weighted by Gasteiger charge is -2.39. The number of ketones is 2. The summed E-state index contributed by atoms with van der Waals surface area (Å²) in [5, 5.41) is 3.28. The summed E-state index contributed by atoms with van der Waals surface area (Å²) < 4.78 is 10.8. The van der Waals surface area contributed by atoms with E-state index in [0.717, 1.165) is 13.1 Å². The zero-order chi connectivity index (χ0) is 23.8. The second kappa shape index (κ2) is 9.56. The summed E-state index contributed by atoms with van der Waals surface area (Å²) in [5.41, 5.74) is 10.7. The molecule has 1 amide bonds. The van der Waals surface area contributed by atoms with Gasteiger partial charge < -0.3 is 36.1 Å². The lowest BCUT2D eigenvalue weighted by molar-refractivity contribution is -0.137. The molecule has 10 nitrogen and oxygen atoms in total. The maximum atomic E-state index is 12.8. The van der Waals surface area contributed by atoms with Gasteiger partial charge in [0.1, 0.15) is 6.61 Å². The molecule has 3 heterocycles. The number of nitrogens with zero attached hydrogens (tertiary/aromatic N) is 2. The van der Waals surface area contributed by atoms with Gasteiger partial charge in [-0.05, 0) is 14.0 Å². The van der Waals surface area contributed by atoms with Crippen LogP contribution in [0.15, 0.2) is 22.5 Å². The first-order valence-corrected chi connectivity index (χ1v) is 11.3. The third-order valence-corrected chi connectivity index (χ3v) is 6.75. The van der Waals surface area contributed by atoms with Gasteiger partial charge in [0.2, 0.25) is 11.6 Å². The number of ether oxygens (including phenoxy) is 2. The number of alkyl halides is 2. The summed E-state index contributed by atoms with van der Waals surface area (Å²) in [6.07, 6.45) is -0.950. The molecular weight excluding hydrogens is 461 g/mol. The van der Waals surface area contributed by atoms with Crippen LogP contribution in [0.3, 0.4) is 0 Å². The van der Waals surface area contributed by atoms with Crippen LogP contribution in [0.25, 0.3) is 0 Å². The molecule has 0 aromatic rings. The van der Waals surface area contributed by atoms with Crippen LogP contribution in [0.4, 0.5) is 4.79 Å². The van der Waals surface area contributed by atoms with Crippen LogP contribution >= 0.6 is 23.2 Å². The molecule has 12 heteroatoms. The van der Waals surface area contributed by atoms with Crippen molar-refractivity contribution < 1.29 is 23.9 Å². The highest BCUT2D eigenvalue weighted by Crippen LogP contribution is 2.55. The van der Waals surface area contributed by atoms with E-state index in [-0.39, 0.29) is 41.3 Å². The monoisotopic (exact) mass is 489 g/mol.